The smallest absolute Gasteiger partial charge is 0.340 e. The van der Waals surface area contributed by atoms with Crippen LogP contribution in [0.3, 0.4) is 0 Å². The van der Waals surface area contributed by atoms with Gasteiger partial charge in [0.15, 0.2) is 0 Å². The molecule has 0 amide bonds. The van der Waals surface area contributed by atoms with Crippen molar-refractivity contribution in [2.24, 2.45) is 0 Å². The second-order valence-corrected chi connectivity index (χ2v) is 6.16. The number of aromatic nitrogens is 1. The van der Waals surface area contributed by atoms with Crippen LogP contribution >= 0.6 is 0 Å². The Morgan fingerprint density at radius 1 is 0.933 bits per heavy atom. The Hall–Kier alpha value is -4.07. The highest BCUT2D eigenvalue weighted by Crippen LogP contribution is 2.31. The predicted octanol–water partition coefficient (Wildman–Crippen LogP) is 4.29. The molecule has 1 heterocycles. The van der Waals surface area contributed by atoms with Gasteiger partial charge in [0.05, 0.1) is 41.2 Å². The number of pyridine rings is 1. The molecule has 0 N–H and O–H groups in total. The number of methoxy groups -OCH3 is 1. The van der Waals surface area contributed by atoms with Crippen LogP contribution in [0.25, 0.3) is 22.5 Å². The molecule has 0 fully saturated rings. The minimum Gasteiger partial charge on any atom is -0.465 e. The highest BCUT2D eigenvalue weighted by Gasteiger charge is 2.24. The summed E-state index contributed by atoms with van der Waals surface area (Å²) in [6, 6.07) is 16.0. The Kier molecular flexibility index (Phi) is 6.17. The molecule has 0 spiro atoms. The number of esters is 2. The quantitative estimate of drug-likeness (QED) is 0.341. The van der Waals surface area contributed by atoms with Crippen molar-refractivity contribution < 1.29 is 24.0 Å². The number of carbonyl (C=O) groups is 2. The van der Waals surface area contributed by atoms with E-state index in [2.05, 4.69) is 4.98 Å². The van der Waals surface area contributed by atoms with Gasteiger partial charge in [0.2, 0.25) is 0 Å². The van der Waals surface area contributed by atoms with Crippen molar-refractivity contribution in [3.05, 3.63) is 81.9 Å². The molecular formula is C22H18N2O6. The molecule has 3 rings (SSSR count). The van der Waals surface area contributed by atoms with Gasteiger partial charge in [-0.25, -0.2) is 14.6 Å². The minimum absolute atomic E-state index is 0.0501. The number of hydrogen-bond donors (Lipinski definition) is 0. The second kappa shape index (κ2) is 8.95. The van der Waals surface area contributed by atoms with Crippen molar-refractivity contribution in [1.29, 1.82) is 0 Å². The fourth-order valence-electron chi connectivity index (χ4n) is 2.92. The largest absolute Gasteiger partial charge is 0.465 e. The van der Waals surface area contributed by atoms with Crippen LogP contribution in [-0.4, -0.2) is 35.6 Å². The minimum atomic E-state index is -0.694. The van der Waals surface area contributed by atoms with Crippen molar-refractivity contribution in [1.82, 2.24) is 4.98 Å². The molecule has 1 aromatic heterocycles. The van der Waals surface area contributed by atoms with Crippen molar-refractivity contribution in [2.45, 2.75) is 6.92 Å². The first-order chi connectivity index (χ1) is 14.5. The SMILES string of the molecule is CCOC(=O)c1cc(C(=O)OC)c(-c2ccc([N+](=O)[O-])cc2)nc1-c1ccccc1. The maximum absolute atomic E-state index is 12.6. The van der Waals surface area contributed by atoms with E-state index in [9.17, 15) is 19.7 Å². The van der Waals surface area contributed by atoms with Crippen molar-refractivity contribution in [3.8, 4) is 22.5 Å². The first-order valence-electron chi connectivity index (χ1n) is 9.07. The van der Waals surface area contributed by atoms with Gasteiger partial charge in [-0.15, -0.1) is 0 Å². The number of benzene rings is 2. The van der Waals surface area contributed by atoms with Gasteiger partial charge >= 0.3 is 11.9 Å². The summed E-state index contributed by atoms with van der Waals surface area (Å²) in [5, 5.41) is 11.0. The van der Waals surface area contributed by atoms with Gasteiger partial charge in [0.1, 0.15) is 0 Å². The average Bonchev–Trinajstić information content (AvgIpc) is 2.78. The van der Waals surface area contributed by atoms with Crippen LogP contribution in [-0.2, 0) is 9.47 Å². The van der Waals surface area contributed by atoms with Crippen molar-refractivity contribution in [3.63, 3.8) is 0 Å². The zero-order valence-electron chi connectivity index (χ0n) is 16.3. The van der Waals surface area contributed by atoms with Crippen LogP contribution in [0, 0.1) is 10.1 Å². The van der Waals surface area contributed by atoms with Crippen molar-refractivity contribution in [2.75, 3.05) is 13.7 Å². The summed E-state index contributed by atoms with van der Waals surface area (Å²) in [4.78, 5) is 40.0. The molecule has 0 saturated heterocycles. The summed E-state index contributed by atoms with van der Waals surface area (Å²) in [6.07, 6.45) is 0. The van der Waals surface area contributed by atoms with Gasteiger partial charge in [-0.2, -0.15) is 0 Å². The lowest BCUT2D eigenvalue weighted by Gasteiger charge is -2.14. The summed E-state index contributed by atoms with van der Waals surface area (Å²) < 4.78 is 10.0. The summed E-state index contributed by atoms with van der Waals surface area (Å²) in [5.74, 6) is -1.31. The van der Waals surface area contributed by atoms with E-state index in [4.69, 9.17) is 9.47 Å². The fourth-order valence-corrected chi connectivity index (χ4v) is 2.92. The molecule has 152 valence electrons. The van der Waals surface area contributed by atoms with Crippen LogP contribution in [0.1, 0.15) is 27.6 Å². The van der Waals surface area contributed by atoms with E-state index in [1.54, 1.807) is 31.2 Å². The van der Waals surface area contributed by atoms with E-state index < -0.39 is 16.9 Å². The molecule has 8 heteroatoms. The first-order valence-corrected chi connectivity index (χ1v) is 9.07. The Morgan fingerprint density at radius 2 is 1.50 bits per heavy atom. The average molecular weight is 406 g/mol. The molecule has 0 saturated carbocycles. The molecular weight excluding hydrogens is 388 g/mol. The number of non-ortho nitro benzene ring substituents is 1. The first kappa shape index (κ1) is 20.7. The molecule has 0 atom stereocenters. The zero-order valence-corrected chi connectivity index (χ0v) is 16.3. The van der Waals surface area contributed by atoms with Gasteiger partial charge in [-0.05, 0) is 25.1 Å². The molecule has 0 aliphatic carbocycles. The zero-order chi connectivity index (χ0) is 21.7. The Labute approximate surface area is 172 Å². The van der Waals surface area contributed by atoms with E-state index in [1.165, 1.54) is 37.4 Å². The van der Waals surface area contributed by atoms with Gasteiger partial charge in [-0.1, -0.05) is 30.3 Å². The number of nitro benzene ring substituents is 1. The predicted molar refractivity (Wildman–Crippen MR) is 109 cm³/mol. The Bertz CT molecular complexity index is 1090. The van der Waals surface area contributed by atoms with E-state index in [1.807, 2.05) is 6.07 Å². The molecule has 30 heavy (non-hydrogen) atoms. The van der Waals surface area contributed by atoms with E-state index >= 15 is 0 Å². The van der Waals surface area contributed by atoms with Gasteiger partial charge in [-0.3, -0.25) is 10.1 Å². The van der Waals surface area contributed by atoms with Gasteiger partial charge in [0.25, 0.3) is 5.69 Å². The lowest BCUT2D eigenvalue weighted by molar-refractivity contribution is -0.384. The number of nitrogens with zero attached hydrogens (tertiary/aromatic N) is 2. The second-order valence-electron chi connectivity index (χ2n) is 6.16. The molecule has 0 unspecified atom stereocenters. The summed E-state index contributed by atoms with van der Waals surface area (Å²) >= 11 is 0. The Balaban J connectivity index is 2.28. The third-order valence-corrected chi connectivity index (χ3v) is 4.32. The molecule has 0 bridgehead atoms. The summed E-state index contributed by atoms with van der Waals surface area (Å²) in [7, 11) is 1.22. The van der Waals surface area contributed by atoms with E-state index in [0.717, 1.165) is 0 Å². The fraction of sp³-hybridized carbons (Fsp3) is 0.136. The number of carbonyl (C=O) groups excluding carboxylic acids is 2. The standard InChI is InChI=1S/C22H18N2O6/c1-3-30-22(26)18-13-17(21(25)29-2)20(15-9-11-16(12-10-15)24(27)28)23-19(18)14-7-5-4-6-8-14/h4-13H,3H2,1-2H3. The number of nitro groups is 1. The van der Waals surface area contributed by atoms with Crippen LogP contribution < -0.4 is 0 Å². The topological polar surface area (TPSA) is 109 Å². The third kappa shape index (κ3) is 4.17. The lowest BCUT2D eigenvalue weighted by atomic mass is 9.98. The Morgan fingerprint density at radius 3 is 2.03 bits per heavy atom. The highest BCUT2D eigenvalue weighted by molar-refractivity contribution is 6.03. The van der Waals surface area contributed by atoms with E-state index in [0.29, 0.717) is 16.8 Å². The maximum Gasteiger partial charge on any atom is 0.340 e. The van der Waals surface area contributed by atoms with Crippen molar-refractivity contribution >= 4 is 17.6 Å². The van der Waals surface area contributed by atoms with Gasteiger partial charge in [0, 0.05) is 23.3 Å². The number of ether oxygens (including phenoxy) is 2. The van der Waals surface area contributed by atoms with E-state index in [-0.39, 0.29) is 29.1 Å². The van der Waals surface area contributed by atoms with Crippen LogP contribution in [0.4, 0.5) is 5.69 Å². The normalized spacial score (nSPS) is 10.3. The van der Waals surface area contributed by atoms with Gasteiger partial charge < -0.3 is 9.47 Å². The maximum atomic E-state index is 12.6. The molecule has 0 radical (unpaired) electrons. The molecule has 0 aliphatic heterocycles. The number of rotatable bonds is 6. The third-order valence-electron chi connectivity index (χ3n) is 4.32. The van der Waals surface area contributed by atoms with Crippen LogP contribution in [0.15, 0.2) is 60.7 Å². The van der Waals surface area contributed by atoms with Crippen LogP contribution in [0.5, 0.6) is 0 Å². The molecule has 0 aliphatic rings. The molecule has 2 aromatic carbocycles. The lowest BCUT2D eigenvalue weighted by Crippen LogP contribution is -2.13. The summed E-state index contributed by atoms with van der Waals surface area (Å²) in [6.45, 7) is 1.84. The highest BCUT2D eigenvalue weighted by atomic mass is 16.6. The summed E-state index contributed by atoms with van der Waals surface area (Å²) in [5.41, 5.74) is 1.76. The van der Waals surface area contributed by atoms with Crippen LogP contribution in [0.2, 0.25) is 0 Å². The molecule has 8 nitrogen and oxygen atoms in total. The number of hydrogen-bond acceptors (Lipinski definition) is 7. The molecule has 3 aromatic rings. The monoisotopic (exact) mass is 406 g/mol.